The number of benzene rings is 1. The number of anilines is 2. The van der Waals surface area contributed by atoms with E-state index in [1.165, 1.54) is 28.1 Å². The minimum Gasteiger partial charge on any atom is -0.312 e. The Morgan fingerprint density at radius 2 is 1.96 bits per heavy atom. The van der Waals surface area contributed by atoms with E-state index in [1.807, 2.05) is 31.2 Å². The van der Waals surface area contributed by atoms with Crippen LogP contribution in [0.1, 0.15) is 31.0 Å². The minimum atomic E-state index is -0.237. The number of urea groups is 1. The normalized spacial score (nSPS) is 17.0. The molecule has 2 heterocycles. The van der Waals surface area contributed by atoms with Gasteiger partial charge in [-0.25, -0.2) is 9.78 Å². The lowest BCUT2D eigenvalue weighted by Gasteiger charge is -2.18. The van der Waals surface area contributed by atoms with Gasteiger partial charge in [0, 0.05) is 18.3 Å². The van der Waals surface area contributed by atoms with Crippen LogP contribution in [0.5, 0.6) is 0 Å². The van der Waals surface area contributed by atoms with Gasteiger partial charge < -0.3 is 4.90 Å². The highest BCUT2D eigenvalue weighted by Gasteiger charge is 2.43. The Morgan fingerprint density at radius 1 is 1.26 bits per heavy atom. The number of hydrogen-bond donors (Lipinski definition) is 0. The molecule has 1 saturated heterocycles. The number of aromatic nitrogens is 1. The Labute approximate surface area is 161 Å². The number of nitrogens with zero attached hydrogens (tertiary/aromatic N) is 4. The fraction of sp³-hybridized carbons (Fsp3) is 0.368. The van der Waals surface area contributed by atoms with Gasteiger partial charge in [0.1, 0.15) is 6.54 Å². The lowest BCUT2D eigenvalue weighted by molar-refractivity contribution is -0.125. The van der Waals surface area contributed by atoms with Gasteiger partial charge >= 0.3 is 6.03 Å². The maximum Gasteiger partial charge on any atom is 0.327 e. The van der Waals surface area contributed by atoms with Crippen LogP contribution >= 0.6 is 11.3 Å². The summed E-state index contributed by atoms with van der Waals surface area (Å²) in [5.41, 5.74) is 2.45. The van der Waals surface area contributed by atoms with Crippen molar-refractivity contribution < 1.29 is 14.4 Å². The van der Waals surface area contributed by atoms with E-state index in [0.29, 0.717) is 10.8 Å². The predicted molar refractivity (Wildman–Crippen MR) is 102 cm³/mol. The largest absolute Gasteiger partial charge is 0.327 e. The Morgan fingerprint density at radius 3 is 2.59 bits per heavy atom. The topological polar surface area (TPSA) is 73.8 Å². The molecule has 1 aliphatic heterocycles. The number of carbonyl (C=O) groups excluding carboxylic acids is 3. The highest BCUT2D eigenvalue weighted by molar-refractivity contribution is 7.14. The second-order valence-corrected chi connectivity index (χ2v) is 7.77. The molecule has 2 fully saturated rings. The molecule has 4 rings (SSSR count). The summed E-state index contributed by atoms with van der Waals surface area (Å²) in [6, 6.07) is 7.60. The van der Waals surface area contributed by atoms with Gasteiger partial charge in [-0.2, -0.15) is 0 Å². The average molecular weight is 384 g/mol. The third kappa shape index (κ3) is 3.44. The number of rotatable bonds is 5. The molecule has 0 unspecified atom stereocenters. The van der Waals surface area contributed by atoms with Crippen LogP contribution in [0, 0.1) is 6.92 Å². The molecule has 7 nitrogen and oxygen atoms in total. The van der Waals surface area contributed by atoms with E-state index in [2.05, 4.69) is 4.98 Å². The van der Waals surface area contributed by atoms with Gasteiger partial charge in [0.15, 0.2) is 5.13 Å². The van der Waals surface area contributed by atoms with E-state index in [9.17, 15) is 14.4 Å². The maximum atomic E-state index is 12.4. The molecule has 0 spiro atoms. The molecule has 8 heteroatoms. The van der Waals surface area contributed by atoms with E-state index >= 15 is 0 Å². The van der Waals surface area contributed by atoms with Crippen molar-refractivity contribution >= 4 is 40.0 Å². The molecule has 0 atom stereocenters. The molecule has 0 radical (unpaired) electrons. The quantitative estimate of drug-likeness (QED) is 0.743. The van der Waals surface area contributed by atoms with Gasteiger partial charge in [0.05, 0.1) is 17.9 Å². The highest BCUT2D eigenvalue weighted by Crippen LogP contribution is 2.32. The van der Waals surface area contributed by atoms with Gasteiger partial charge in [-0.1, -0.05) is 17.7 Å². The van der Waals surface area contributed by atoms with E-state index < -0.39 is 0 Å². The molecule has 1 aliphatic carbocycles. The number of amides is 4. The lowest BCUT2D eigenvalue weighted by atomic mass is 10.2. The smallest absolute Gasteiger partial charge is 0.312 e. The van der Waals surface area contributed by atoms with Crippen molar-refractivity contribution in [3.63, 3.8) is 0 Å². The summed E-state index contributed by atoms with van der Waals surface area (Å²) in [5, 5.41) is 2.32. The zero-order valence-corrected chi connectivity index (χ0v) is 16.0. The van der Waals surface area contributed by atoms with Crippen molar-refractivity contribution in [1.82, 2.24) is 14.8 Å². The first kappa shape index (κ1) is 17.7. The fourth-order valence-electron chi connectivity index (χ4n) is 3.14. The molecule has 1 aromatic heterocycles. The Kier molecular flexibility index (Phi) is 4.43. The SMILES string of the molecule is CC(=O)N(c1ccc(C)cc1)c1nc(CN2C(=O)CN(C3CC3)C2=O)cs1. The fourth-order valence-corrected chi connectivity index (χ4v) is 4.02. The van der Waals surface area contributed by atoms with Crippen molar-refractivity contribution in [2.24, 2.45) is 0 Å². The average Bonchev–Trinajstić information content (AvgIpc) is 3.31. The summed E-state index contributed by atoms with van der Waals surface area (Å²) in [6.45, 7) is 3.76. The summed E-state index contributed by atoms with van der Waals surface area (Å²) >= 11 is 1.32. The van der Waals surface area contributed by atoms with Crippen molar-refractivity contribution in [3.8, 4) is 0 Å². The van der Waals surface area contributed by atoms with Crippen LogP contribution in [0.4, 0.5) is 15.6 Å². The van der Waals surface area contributed by atoms with Gasteiger partial charge in [-0.3, -0.25) is 19.4 Å². The van der Waals surface area contributed by atoms with E-state index in [1.54, 1.807) is 10.3 Å². The van der Waals surface area contributed by atoms with E-state index in [4.69, 9.17) is 0 Å². The summed E-state index contributed by atoms with van der Waals surface area (Å²) < 4.78 is 0. The first-order chi connectivity index (χ1) is 12.9. The third-order valence-electron chi connectivity index (χ3n) is 4.73. The van der Waals surface area contributed by atoms with Crippen LogP contribution in [0.15, 0.2) is 29.6 Å². The molecule has 2 aromatic rings. The Bertz CT molecular complexity index is 904. The Hall–Kier alpha value is -2.74. The van der Waals surface area contributed by atoms with E-state index in [-0.39, 0.29) is 37.0 Å². The van der Waals surface area contributed by atoms with Crippen LogP contribution in [0.25, 0.3) is 0 Å². The number of thiazole rings is 1. The third-order valence-corrected chi connectivity index (χ3v) is 5.60. The second-order valence-electron chi connectivity index (χ2n) is 6.93. The molecular formula is C19H20N4O3S. The summed E-state index contributed by atoms with van der Waals surface area (Å²) in [4.78, 5) is 45.8. The molecule has 27 heavy (non-hydrogen) atoms. The second kappa shape index (κ2) is 6.77. The van der Waals surface area contributed by atoms with E-state index in [0.717, 1.165) is 24.1 Å². The van der Waals surface area contributed by atoms with Gasteiger partial charge in [-0.05, 0) is 31.9 Å². The molecule has 1 saturated carbocycles. The zero-order chi connectivity index (χ0) is 19.1. The molecule has 2 aliphatic rings. The molecule has 4 amide bonds. The number of aryl methyl sites for hydroxylation is 1. The minimum absolute atomic E-state index is 0.136. The number of imide groups is 1. The van der Waals surface area contributed by atoms with Crippen LogP contribution in [0.2, 0.25) is 0 Å². The standard InChI is InChI=1S/C19H20N4O3S/c1-12-3-5-16(6-4-12)23(13(2)24)18-20-14(11-27-18)9-22-17(25)10-21(19(22)26)15-7-8-15/h3-6,11,15H,7-10H2,1-2H3. The first-order valence-electron chi connectivity index (χ1n) is 8.87. The van der Waals surface area contributed by atoms with Crippen molar-refractivity contribution in [2.75, 3.05) is 11.4 Å². The number of carbonyl (C=O) groups is 3. The van der Waals surface area contributed by atoms with Crippen molar-refractivity contribution in [2.45, 2.75) is 39.3 Å². The molecule has 0 N–H and O–H groups in total. The van der Waals surface area contributed by atoms with Crippen LogP contribution < -0.4 is 4.90 Å². The zero-order valence-electron chi connectivity index (χ0n) is 15.2. The van der Waals surface area contributed by atoms with Gasteiger partial charge in [-0.15, -0.1) is 11.3 Å². The molecule has 0 bridgehead atoms. The van der Waals surface area contributed by atoms with Crippen LogP contribution in [-0.4, -0.2) is 45.2 Å². The monoisotopic (exact) mass is 384 g/mol. The van der Waals surface area contributed by atoms with Gasteiger partial charge in [0.2, 0.25) is 5.91 Å². The van der Waals surface area contributed by atoms with Crippen molar-refractivity contribution in [3.05, 3.63) is 40.9 Å². The summed E-state index contributed by atoms with van der Waals surface area (Å²) in [6.07, 6.45) is 1.94. The Balaban J connectivity index is 1.53. The summed E-state index contributed by atoms with van der Waals surface area (Å²) in [7, 11) is 0. The maximum absolute atomic E-state index is 12.4. The van der Waals surface area contributed by atoms with Crippen LogP contribution in [0.3, 0.4) is 0 Å². The number of hydrogen-bond acceptors (Lipinski definition) is 5. The predicted octanol–water partition coefficient (Wildman–Crippen LogP) is 3.06. The molecule has 1 aromatic carbocycles. The first-order valence-corrected chi connectivity index (χ1v) is 9.75. The van der Waals surface area contributed by atoms with Crippen LogP contribution in [-0.2, 0) is 16.1 Å². The van der Waals surface area contributed by atoms with Crippen molar-refractivity contribution in [1.29, 1.82) is 0 Å². The lowest BCUT2D eigenvalue weighted by Crippen LogP contribution is -2.33. The summed E-state index contributed by atoms with van der Waals surface area (Å²) in [5.74, 6) is -0.337. The molecule has 140 valence electrons. The molecular weight excluding hydrogens is 364 g/mol. The highest BCUT2D eigenvalue weighted by atomic mass is 32.1. The van der Waals surface area contributed by atoms with Gasteiger partial charge in [0.25, 0.3) is 5.91 Å².